The minimum Gasteiger partial charge on any atom is -0.481 e. The lowest BCUT2D eigenvalue weighted by molar-refractivity contribution is -0.137. The lowest BCUT2D eigenvalue weighted by atomic mass is 10.1. The predicted octanol–water partition coefficient (Wildman–Crippen LogP) is 1.88. The quantitative estimate of drug-likeness (QED) is 0.745. The number of hydrogen-bond donors (Lipinski definition) is 1. The lowest BCUT2D eigenvalue weighted by Gasteiger charge is -2.27. The molecule has 1 N–H and O–H groups in total. The molecule has 0 aliphatic carbocycles. The molecule has 7 nitrogen and oxygen atoms in total. The average Bonchev–Trinajstić information content (AvgIpc) is 2.97. The Morgan fingerprint density at radius 1 is 1.15 bits per heavy atom. The van der Waals surface area contributed by atoms with Crippen molar-refractivity contribution in [3.63, 3.8) is 0 Å². The zero-order valence-electron chi connectivity index (χ0n) is 14.6. The SMILES string of the molecule is O=C(O)CCCN([C@@H]1CCS(=O)(=O)C1)S(=O)(=O)c1ccc2ccccc2c1. The maximum Gasteiger partial charge on any atom is 0.303 e. The Hall–Kier alpha value is -1.97. The molecule has 1 aliphatic rings. The molecule has 0 spiro atoms. The van der Waals surface area contributed by atoms with Gasteiger partial charge in [0.2, 0.25) is 10.0 Å². The van der Waals surface area contributed by atoms with Crippen LogP contribution in [0.25, 0.3) is 10.8 Å². The molecule has 1 heterocycles. The summed E-state index contributed by atoms with van der Waals surface area (Å²) in [6, 6.07) is 11.5. The fourth-order valence-corrected chi connectivity index (χ4v) is 6.90. The van der Waals surface area contributed by atoms with Crippen LogP contribution in [0.1, 0.15) is 19.3 Å². The van der Waals surface area contributed by atoms with E-state index < -0.39 is 31.9 Å². The number of carboxylic acid groups (broad SMARTS) is 1. The van der Waals surface area contributed by atoms with Gasteiger partial charge in [0.05, 0.1) is 16.4 Å². The van der Waals surface area contributed by atoms with Crippen molar-refractivity contribution in [3.8, 4) is 0 Å². The number of sulfonamides is 1. The van der Waals surface area contributed by atoms with Crippen LogP contribution in [-0.4, -0.2) is 56.3 Å². The number of sulfone groups is 1. The minimum absolute atomic E-state index is 0.0261. The van der Waals surface area contributed by atoms with Gasteiger partial charge >= 0.3 is 5.97 Å². The molecule has 1 fully saturated rings. The average molecular weight is 412 g/mol. The van der Waals surface area contributed by atoms with Gasteiger partial charge < -0.3 is 5.11 Å². The summed E-state index contributed by atoms with van der Waals surface area (Å²) in [5.74, 6) is -1.30. The molecule has 2 aromatic carbocycles. The van der Waals surface area contributed by atoms with Gasteiger partial charge in [0.15, 0.2) is 9.84 Å². The molecule has 2 aromatic rings. The Morgan fingerprint density at radius 3 is 2.48 bits per heavy atom. The van der Waals surface area contributed by atoms with Gasteiger partial charge in [-0.25, -0.2) is 16.8 Å². The van der Waals surface area contributed by atoms with Crippen molar-refractivity contribution in [2.24, 2.45) is 0 Å². The van der Waals surface area contributed by atoms with Crippen molar-refractivity contribution in [2.45, 2.75) is 30.2 Å². The Bertz CT molecular complexity index is 1060. The third-order valence-corrected chi connectivity index (χ3v) is 8.41. The molecule has 3 rings (SSSR count). The van der Waals surface area contributed by atoms with E-state index >= 15 is 0 Å². The summed E-state index contributed by atoms with van der Waals surface area (Å²) in [5, 5.41) is 10.5. The van der Waals surface area contributed by atoms with Crippen LogP contribution in [0.4, 0.5) is 0 Å². The van der Waals surface area contributed by atoms with Gasteiger partial charge in [-0.3, -0.25) is 4.79 Å². The largest absolute Gasteiger partial charge is 0.481 e. The molecule has 0 radical (unpaired) electrons. The van der Waals surface area contributed by atoms with E-state index in [0.29, 0.717) is 0 Å². The summed E-state index contributed by atoms with van der Waals surface area (Å²) < 4.78 is 51.3. The maximum absolute atomic E-state index is 13.2. The van der Waals surface area contributed by atoms with E-state index in [-0.39, 0.29) is 42.2 Å². The molecule has 0 aromatic heterocycles. The standard InChI is InChI=1S/C18H21NO6S2/c20-18(21)6-3-10-19(16-9-11-26(22,23)13-16)27(24,25)17-8-7-14-4-1-2-5-15(14)12-17/h1-2,4-5,7-8,12,16H,3,6,9-11,13H2,(H,20,21)/t16-/m1/s1. The molecular formula is C18H21NO6S2. The second-order valence-electron chi connectivity index (χ2n) is 6.68. The molecular weight excluding hydrogens is 390 g/mol. The van der Waals surface area contributed by atoms with Crippen LogP contribution < -0.4 is 0 Å². The van der Waals surface area contributed by atoms with Crippen LogP contribution in [0, 0.1) is 0 Å². The van der Waals surface area contributed by atoms with E-state index in [0.717, 1.165) is 10.8 Å². The van der Waals surface area contributed by atoms with Crippen LogP contribution in [0.3, 0.4) is 0 Å². The van der Waals surface area contributed by atoms with Crippen molar-refractivity contribution in [3.05, 3.63) is 42.5 Å². The molecule has 0 saturated carbocycles. The van der Waals surface area contributed by atoms with Crippen molar-refractivity contribution in [2.75, 3.05) is 18.1 Å². The predicted molar refractivity (Wildman–Crippen MR) is 102 cm³/mol. The van der Waals surface area contributed by atoms with Crippen LogP contribution in [0.2, 0.25) is 0 Å². The molecule has 9 heteroatoms. The Balaban J connectivity index is 1.95. The highest BCUT2D eigenvalue weighted by atomic mass is 32.2. The Kier molecular flexibility index (Phi) is 5.55. The van der Waals surface area contributed by atoms with Crippen molar-refractivity contribution in [1.82, 2.24) is 4.31 Å². The third-order valence-electron chi connectivity index (χ3n) is 4.71. The molecule has 146 valence electrons. The summed E-state index contributed by atoms with van der Waals surface area (Å²) in [7, 11) is -7.23. The molecule has 0 bridgehead atoms. The first-order valence-electron chi connectivity index (χ1n) is 8.62. The van der Waals surface area contributed by atoms with Crippen molar-refractivity contribution < 1.29 is 26.7 Å². The summed E-state index contributed by atoms with van der Waals surface area (Å²) in [4.78, 5) is 10.9. The van der Waals surface area contributed by atoms with Gasteiger partial charge in [0.25, 0.3) is 0 Å². The number of nitrogens with zero attached hydrogens (tertiary/aromatic N) is 1. The first-order chi connectivity index (χ1) is 12.7. The minimum atomic E-state index is -3.95. The molecule has 27 heavy (non-hydrogen) atoms. The van der Waals surface area contributed by atoms with Gasteiger partial charge in [0.1, 0.15) is 0 Å². The smallest absolute Gasteiger partial charge is 0.303 e. The normalized spacial score (nSPS) is 19.5. The van der Waals surface area contributed by atoms with Gasteiger partial charge in [-0.1, -0.05) is 30.3 Å². The summed E-state index contributed by atoms with van der Waals surface area (Å²) in [5.41, 5.74) is 0. The van der Waals surface area contributed by atoms with Crippen molar-refractivity contribution in [1.29, 1.82) is 0 Å². The van der Waals surface area contributed by atoms with E-state index in [2.05, 4.69) is 0 Å². The van der Waals surface area contributed by atoms with E-state index in [4.69, 9.17) is 5.11 Å². The molecule has 1 aliphatic heterocycles. The van der Waals surface area contributed by atoms with Gasteiger partial charge in [-0.05, 0) is 35.7 Å². The number of carbonyl (C=O) groups is 1. The number of rotatable bonds is 7. The monoisotopic (exact) mass is 411 g/mol. The highest BCUT2D eigenvalue weighted by molar-refractivity contribution is 7.92. The zero-order valence-corrected chi connectivity index (χ0v) is 16.2. The molecule has 1 atom stereocenters. The molecule has 0 unspecified atom stereocenters. The number of carboxylic acids is 1. The van der Waals surface area contributed by atoms with E-state index in [1.54, 1.807) is 12.1 Å². The van der Waals surface area contributed by atoms with Crippen LogP contribution >= 0.6 is 0 Å². The number of aliphatic carboxylic acids is 1. The number of hydrogen-bond acceptors (Lipinski definition) is 5. The Labute approximate surface area is 158 Å². The van der Waals surface area contributed by atoms with Crippen molar-refractivity contribution >= 4 is 36.6 Å². The first-order valence-corrected chi connectivity index (χ1v) is 11.9. The maximum atomic E-state index is 13.2. The summed E-state index contributed by atoms with van der Waals surface area (Å²) in [6.07, 6.45) is 0.171. The lowest BCUT2D eigenvalue weighted by Crippen LogP contribution is -2.41. The first kappa shape index (κ1) is 19.8. The van der Waals surface area contributed by atoms with Crippen LogP contribution in [0.15, 0.2) is 47.4 Å². The fourth-order valence-electron chi connectivity index (χ4n) is 3.35. The fraction of sp³-hybridized carbons (Fsp3) is 0.389. The third kappa shape index (κ3) is 4.48. The van der Waals surface area contributed by atoms with E-state index in [9.17, 15) is 21.6 Å². The van der Waals surface area contributed by atoms with Gasteiger partial charge in [-0.15, -0.1) is 0 Å². The zero-order chi connectivity index (χ0) is 19.7. The van der Waals surface area contributed by atoms with E-state index in [1.165, 1.54) is 10.4 Å². The second-order valence-corrected chi connectivity index (χ2v) is 10.8. The second kappa shape index (κ2) is 7.57. The highest BCUT2D eigenvalue weighted by Crippen LogP contribution is 2.27. The van der Waals surface area contributed by atoms with Crippen LogP contribution in [0.5, 0.6) is 0 Å². The number of fused-ring (bicyclic) bond motifs is 1. The van der Waals surface area contributed by atoms with E-state index in [1.807, 2.05) is 24.3 Å². The molecule has 1 saturated heterocycles. The van der Waals surface area contributed by atoms with Crippen LogP contribution in [-0.2, 0) is 24.7 Å². The Morgan fingerprint density at radius 2 is 1.85 bits per heavy atom. The highest BCUT2D eigenvalue weighted by Gasteiger charge is 2.38. The summed E-state index contributed by atoms with van der Waals surface area (Å²) >= 11 is 0. The van der Waals surface area contributed by atoms with Gasteiger partial charge in [-0.2, -0.15) is 4.31 Å². The summed E-state index contributed by atoms with van der Waals surface area (Å²) in [6.45, 7) is -0.0261. The van der Waals surface area contributed by atoms with Gasteiger partial charge in [0, 0.05) is 19.0 Å². The molecule has 0 amide bonds. The number of benzene rings is 2. The topological polar surface area (TPSA) is 109 Å².